The van der Waals surface area contributed by atoms with E-state index < -0.39 is 0 Å². The first-order chi connectivity index (χ1) is 8.67. The fourth-order valence-electron chi connectivity index (χ4n) is 2.05. The molecule has 0 aliphatic rings. The predicted octanol–water partition coefficient (Wildman–Crippen LogP) is 3.00. The van der Waals surface area contributed by atoms with Crippen LogP contribution in [0.3, 0.4) is 0 Å². The molecule has 2 rings (SSSR count). The van der Waals surface area contributed by atoms with Gasteiger partial charge in [0.25, 0.3) is 0 Å². The van der Waals surface area contributed by atoms with E-state index in [0.29, 0.717) is 5.02 Å². The smallest absolute Gasteiger partial charge is 0.124 e. The van der Waals surface area contributed by atoms with E-state index in [-0.39, 0.29) is 11.9 Å². The van der Waals surface area contributed by atoms with Gasteiger partial charge in [-0.2, -0.15) is 5.10 Å². The van der Waals surface area contributed by atoms with E-state index in [0.717, 1.165) is 17.8 Å². The van der Waals surface area contributed by atoms with Gasteiger partial charge < -0.3 is 5.32 Å². The van der Waals surface area contributed by atoms with Gasteiger partial charge in [0.1, 0.15) is 5.82 Å². The molecule has 18 heavy (non-hydrogen) atoms. The van der Waals surface area contributed by atoms with Crippen molar-refractivity contribution >= 4 is 11.6 Å². The number of hydrogen-bond acceptors (Lipinski definition) is 2. The first kappa shape index (κ1) is 13.1. The fraction of sp³-hybridized carbons (Fsp3) is 0.308. The number of nitrogens with one attached hydrogen (secondary N) is 1. The average molecular weight is 268 g/mol. The van der Waals surface area contributed by atoms with Crippen molar-refractivity contribution in [3.05, 3.63) is 52.6 Å². The molecule has 0 aliphatic carbocycles. The Bertz CT molecular complexity index is 539. The van der Waals surface area contributed by atoms with Crippen LogP contribution < -0.4 is 5.32 Å². The molecule has 1 atom stereocenters. The second kappa shape index (κ2) is 5.50. The van der Waals surface area contributed by atoms with Gasteiger partial charge >= 0.3 is 0 Å². The summed E-state index contributed by atoms with van der Waals surface area (Å²) in [7, 11) is 1.84. The second-order valence-electron chi connectivity index (χ2n) is 3.96. The first-order valence-corrected chi connectivity index (χ1v) is 6.19. The van der Waals surface area contributed by atoms with Crippen LogP contribution in [0, 0.1) is 5.82 Å². The monoisotopic (exact) mass is 267 g/mol. The van der Waals surface area contributed by atoms with Crippen LogP contribution >= 0.6 is 11.6 Å². The second-order valence-corrected chi connectivity index (χ2v) is 4.37. The van der Waals surface area contributed by atoms with Gasteiger partial charge in [0.2, 0.25) is 0 Å². The zero-order valence-corrected chi connectivity index (χ0v) is 11.1. The zero-order valence-electron chi connectivity index (χ0n) is 10.3. The van der Waals surface area contributed by atoms with E-state index in [2.05, 4.69) is 10.4 Å². The van der Waals surface area contributed by atoms with Crippen molar-refractivity contribution in [2.24, 2.45) is 0 Å². The van der Waals surface area contributed by atoms with Gasteiger partial charge in [0, 0.05) is 17.8 Å². The average Bonchev–Trinajstić information content (AvgIpc) is 2.81. The van der Waals surface area contributed by atoms with Gasteiger partial charge in [-0.05, 0) is 37.7 Å². The summed E-state index contributed by atoms with van der Waals surface area (Å²) >= 11 is 6.11. The summed E-state index contributed by atoms with van der Waals surface area (Å²) in [5, 5.41) is 7.84. The zero-order chi connectivity index (χ0) is 13.1. The topological polar surface area (TPSA) is 29.9 Å². The van der Waals surface area contributed by atoms with Gasteiger partial charge in [0.05, 0.1) is 11.7 Å². The molecule has 1 aromatic carbocycles. The number of hydrogen-bond donors (Lipinski definition) is 1. The molecule has 0 radical (unpaired) electrons. The van der Waals surface area contributed by atoms with E-state index in [4.69, 9.17) is 11.6 Å². The summed E-state index contributed by atoms with van der Waals surface area (Å²) in [4.78, 5) is 0. The van der Waals surface area contributed by atoms with Crippen molar-refractivity contribution in [2.75, 3.05) is 7.05 Å². The number of rotatable bonds is 4. The summed E-state index contributed by atoms with van der Waals surface area (Å²) in [5.41, 5.74) is 1.85. The highest BCUT2D eigenvalue weighted by Gasteiger charge is 2.18. The molecule has 2 aromatic rings. The van der Waals surface area contributed by atoms with Crippen LogP contribution in [0.4, 0.5) is 4.39 Å². The number of halogens is 2. The standard InChI is InChI=1S/C13H15ClFN3/c1-3-18-12(6-7-17-18)13(16-2)10-5-4-9(15)8-11(10)14/h4-8,13,16H,3H2,1-2H3. The summed E-state index contributed by atoms with van der Waals surface area (Å²) in [6, 6.07) is 6.28. The lowest BCUT2D eigenvalue weighted by Gasteiger charge is -2.19. The normalized spacial score (nSPS) is 12.7. The van der Waals surface area contributed by atoms with Gasteiger partial charge in [-0.15, -0.1) is 0 Å². The SMILES string of the molecule is CCn1nccc1C(NC)c1ccc(F)cc1Cl. The molecule has 0 spiro atoms. The Labute approximate surface area is 111 Å². The van der Waals surface area contributed by atoms with Crippen LogP contribution in [0.2, 0.25) is 5.02 Å². The van der Waals surface area contributed by atoms with Crippen molar-refractivity contribution in [3.63, 3.8) is 0 Å². The molecule has 0 saturated heterocycles. The van der Waals surface area contributed by atoms with Crippen molar-refractivity contribution in [1.82, 2.24) is 15.1 Å². The minimum absolute atomic E-state index is 0.0967. The predicted molar refractivity (Wildman–Crippen MR) is 70.2 cm³/mol. The maximum atomic E-state index is 13.1. The first-order valence-electron chi connectivity index (χ1n) is 5.81. The Kier molecular flexibility index (Phi) is 3.99. The Morgan fingerprint density at radius 3 is 2.83 bits per heavy atom. The van der Waals surface area contributed by atoms with Crippen molar-refractivity contribution in [3.8, 4) is 0 Å². The van der Waals surface area contributed by atoms with Crippen molar-refractivity contribution in [1.29, 1.82) is 0 Å². The minimum atomic E-state index is -0.331. The lowest BCUT2D eigenvalue weighted by molar-refractivity contribution is 0.561. The molecule has 1 N–H and O–H groups in total. The number of benzene rings is 1. The molecule has 1 aromatic heterocycles. The molecule has 5 heteroatoms. The van der Waals surface area contributed by atoms with E-state index in [1.54, 1.807) is 12.3 Å². The molecular weight excluding hydrogens is 253 g/mol. The number of aromatic nitrogens is 2. The maximum absolute atomic E-state index is 13.1. The third-order valence-corrected chi connectivity index (χ3v) is 3.23. The lowest BCUT2D eigenvalue weighted by atomic mass is 10.0. The molecule has 0 fully saturated rings. The van der Waals surface area contributed by atoms with Crippen LogP contribution in [0.25, 0.3) is 0 Å². The van der Waals surface area contributed by atoms with Gasteiger partial charge in [0.15, 0.2) is 0 Å². The highest BCUT2D eigenvalue weighted by Crippen LogP contribution is 2.28. The third-order valence-electron chi connectivity index (χ3n) is 2.91. The third kappa shape index (κ3) is 2.40. The summed E-state index contributed by atoms with van der Waals surface area (Å²) in [6.07, 6.45) is 1.75. The molecule has 0 amide bonds. The van der Waals surface area contributed by atoms with E-state index in [1.807, 2.05) is 24.7 Å². The maximum Gasteiger partial charge on any atom is 0.124 e. The highest BCUT2D eigenvalue weighted by molar-refractivity contribution is 6.31. The van der Waals surface area contributed by atoms with Crippen LogP contribution in [0.1, 0.15) is 24.2 Å². The molecule has 96 valence electrons. The summed E-state index contributed by atoms with van der Waals surface area (Å²) in [6.45, 7) is 2.80. The van der Waals surface area contributed by atoms with E-state index >= 15 is 0 Å². The van der Waals surface area contributed by atoms with Gasteiger partial charge in [-0.1, -0.05) is 17.7 Å². The van der Waals surface area contributed by atoms with Crippen LogP contribution in [0.5, 0.6) is 0 Å². The molecule has 3 nitrogen and oxygen atoms in total. The van der Waals surface area contributed by atoms with Crippen LogP contribution in [0.15, 0.2) is 30.5 Å². The van der Waals surface area contributed by atoms with E-state index in [1.165, 1.54) is 12.1 Å². The molecule has 1 heterocycles. The molecule has 0 bridgehead atoms. The summed E-state index contributed by atoms with van der Waals surface area (Å²) < 4.78 is 15.0. The fourth-order valence-corrected chi connectivity index (χ4v) is 2.33. The molecule has 1 unspecified atom stereocenters. The molecule has 0 aliphatic heterocycles. The van der Waals surface area contributed by atoms with E-state index in [9.17, 15) is 4.39 Å². The highest BCUT2D eigenvalue weighted by atomic mass is 35.5. The largest absolute Gasteiger partial charge is 0.308 e. The summed E-state index contributed by atoms with van der Waals surface area (Å²) in [5.74, 6) is -0.331. The minimum Gasteiger partial charge on any atom is -0.308 e. The van der Waals surface area contributed by atoms with Crippen molar-refractivity contribution < 1.29 is 4.39 Å². The van der Waals surface area contributed by atoms with Crippen LogP contribution in [-0.2, 0) is 6.54 Å². The Morgan fingerprint density at radius 1 is 1.44 bits per heavy atom. The van der Waals surface area contributed by atoms with Crippen molar-refractivity contribution in [2.45, 2.75) is 19.5 Å². The Morgan fingerprint density at radius 2 is 2.22 bits per heavy atom. The number of nitrogens with zero attached hydrogens (tertiary/aromatic N) is 2. The Hall–Kier alpha value is -1.39. The lowest BCUT2D eigenvalue weighted by Crippen LogP contribution is -2.21. The molecule has 0 saturated carbocycles. The molecular formula is C13H15ClFN3. The Balaban J connectivity index is 2.45. The quantitative estimate of drug-likeness (QED) is 0.923. The van der Waals surface area contributed by atoms with Gasteiger partial charge in [-0.3, -0.25) is 4.68 Å². The number of aryl methyl sites for hydroxylation is 1. The van der Waals surface area contributed by atoms with Crippen LogP contribution in [-0.4, -0.2) is 16.8 Å². The van der Waals surface area contributed by atoms with Gasteiger partial charge in [-0.25, -0.2) is 4.39 Å².